The van der Waals surface area contributed by atoms with Crippen LogP contribution in [-0.4, -0.2) is 24.2 Å². The summed E-state index contributed by atoms with van der Waals surface area (Å²) in [5, 5.41) is 0.818. The third kappa shape index (κ3) is 4.34. The number of rotatable bonds is 5. The molecule has 3 aromatic carbocycles. The molecule has 4 rings (SSSR count). The number of fused-ring (bicyclic) bond motifs is 1. The molecule has 0 unspecified atom stereocenters. The Morgan fingerprint density at radius 3 is 2.50 bits per heavy atom. The highest BCUT2D eigenvalue weighted by Crippen LogP contribution is 2.25. The van der Waals surface area contributed by atoms with Crippen LogP contribution < -0.4 is 14.2 Å². The summed E-state index contributed by atoms with van der Waals surface area (Å²) in [5.74, 6) is 8.35. The van der Waals surface area contributed by atoms with Crippen LogP contribution in [-0.2, 0) is 6.61 Å². The van der Waals surface area contributed by atoms with Gasteiger partial charge in [0.2, 0.25) is 5.88 Å². The summed E-state index contributed by atoms with van der Waals surface area (Å²) < 4.78 is 16.7. The molecule has 4 aromatic rings. The van der Waals surface area contributed by atoms with E-state index in [1.54, 1.807) is 14.2 Å². The fourth-order valence-electron chi connectivity index (χ4n) is 3.01. The van der Waals surface area contributed by atoms with E-state index in [1.807, 2.05) is 66.7 Å². The lowest BCUT2D eigenvalue weighted by Crippen LogP contribution is -1.97. The molecule has 0 atom stereocenters. The monoisotopic (exact) mass is 396 g/mol. The Balaban J connectivity index is 1.65. The van der Waals surface area contributed by atoms with Crippen LogP contribution in [0.25, 0.3) is 10.9 Å². The Morgan fingerprint density at radius 1 is 0.833 bits per heavy atom. The van der Waals surface area contributed by atoms with E-state index in [2.05, 4.69) is 21.8 Å². The average molecular weight is 396 g/mol. The molecule has 0 aliphatic heterocycles. The number of hydrogen-bond acceptors (Lipinski definition) is 5. The Kier molecular flexibility index (Phi) is 5.77. The molecule has 5 nitrogen and oxygen atoms in total. The second-order valence-corrected chi connectivity index (χ2v) is 6.50. The standard InChI is InChI=1S/C25H20N2O3/c1-28-21-11-13-24(30-16-19-6-4-3-5-7-19)20(15-21)10-8-18-9-12-23-22(14-18)25(29-2)27-17-26-23/h3-7,9,11-15,17H,16H2,1-2H3. The predicted molar refractivity (Wildman–Crippen MR) is 116 cm³/mol. The van der Waals surface area contributed by atoms with Crippen molar-refractivity contribution in [2.75, 3.05) is 14.2 Å². The van der Waals surface area contributed by atoms with Gasteiger partial charge in [-0.1, -0.05) is 42.2 Å². The van der Waals surface area contributed by atoms with Gasteiger partial charge in [0.05, 0.1) is 30.7 Å². The van der Waals surface area contributed by atoms with Crippen molar-refractivity contribution in [1.29, 1.82) is 0 Å². The Morgan fingerprint density at radius 2 is 1.70 bits per heavy atom. The maximum atomic E-state index is 6.02. The molecule has 0 bridgehead atoms. The summed E-state index contributed by atoms with van der Waals surface area (Å²) in [7, 11) is 3.22. The molecule has 30 heavy (non-hydrogen) atoms. The van der Waals surface area contributed by atoms with Crippen molar-refractivity contribution in [2.24, 2.45) is 0 Å². The van der Waals surface area contributed by atoms with E-state index in [1.165, 1.54) is 6.33 Å². The Hall–Kier alpha value is -4.04. The van der Waals surface area contributed by atoms with Crippen LogP contribution in [0.5, 0.6) is 17.4 Å². The molecule has 0 aliphatic carbocycles. The average Bonchev–Trinajstić information content (AvgIpc) is 2.81. The van der Waals surface area contributed by atoms with Gasteiger partial charge in [0, 0.05) is 5.56 Å². The number of ether oxygens (including phenoxy) is 3. The van der Waals surface area contributed by atoms with Crippen LogP contribution in [0, 0.1) is 11.8 Å². The normalized spacial score (nSPS) is 10.2. The van der Waals surface area contributed by atoms with Crippen LogP contribution in [0.1, 0.15) is 16.7 Å². The fraction of sp³-hybridized carbons (Fsp3) is 0.120. The quantitative estimate of drug-likeness (QED) is 0.461. The van der Waals surface area contributed by atoms with Gasteiger partial charge in [-0.05, 0) is 42.0 Å². The van der Waals surface area contributed by atoms with Crippen molar-refractivity contribution in [3.8, 4) is 29.2 Å². The molecular weight excluding hydrogens is 376 g/mol. The van der Waals surface area contributed by atoms with Crippen molar-refractivity contribution in [3.63, 3.8) is 0 Å². The Labute approximate surface area is 175 Å². The number of methoxy groups -OCH3 is 2. The summed E-state index contributed by atoms with van der Waals surface area (Å²) in [6, 6.07) is 21.4. The molecule has 0 amide bonds. The van der Waals surface area contributed by atoms with Crippen molar-refractivity contribution < 1.29 is 14.2 Å². The summed E-state index contributed by atoms with van der Waals surface area (Å²) >= 11 is 0. The zero-order valence-corrected chi connectivity index (χ0v) is 16.8. The molecular formula is C25H20N2O3. The number of aromatic nitrogens is 2. The van der Waals surface area contributed by atoms with Gasteiger partial charge in [-0.2, -0.15) is 0 Å². The molecule has 0 aliphatic rings. The van der Waals surface area contributed by atoms with Crippen LogP contribution >= 0.6 is 0 Å². The number of benzene rings is 3. The predicted octanol–water partition coefficient (Wildman–Crippen LogP) is 4.63. The largest absolute Gasteiger partial charge is 0.497 e. The second-order valence-electron chi connectivity index (χ2n) is 6.50. The molecule has 0 spiro atoms. The van der Waals surface area contributed by atoms with Gasteiger partial charge in [-0.15, -0.1) is 0 Å². The summed E-state index contributed by atoms with van der Waals surface area (Å²) in [4.78, 5) is 8.42. The van der Waals surface area contributed by atoms with Crippen molar-refractivity contribution in [2.45, 2.75) is 6.61 Å². The zero-order valence-electron chi connectivity index (χ0n) is 16.8. The highest BCUT2D eigenvalue weighted by Gasteiger charge is 2.06. The van der Waals surface area contributed by atoms with Gasteiger partial charge in [0.1, 0.15) is 24.4 Å². The van der Waals surface area contributed by atoms with Crippen molar-refractivity contribution in [1.82, 2.24) is 9.97 Å². The number of nitrogens with zero attached hydrogens (tertiary/aromatic N) is 2. The maximum absolute atomic E-state index is 6.02. The van der Waals surface area contributed by atoms with Gasteiger partial charge >= 0.3 is 0 Å². The third-order valence-electron chi connectivity index (χ3n) is 4.56. The first kappa shape index (κ1) is 19.3. The van der Waals surface area contributed by atoms with Crippen LogP contribution in [0.15, 0.2) is 73.1 Å². The van der Waals surface area contributed by atoms with E-state index in [0.717, 1.165) is 33.3 Å². The second kappa shape index (κ2) is 8.97. The van der Waals surface area contributed by atoms with Gasteiger partial charge in [0.15, 0.2) is 0 Å². The van der Waals surface area contributed by atoms with Gasteiger partial charge in [-0.25, -0.2) is 9.97 Å². The summed E-state index contributed by atoms with van der Waals surface area (Å²) in [6.07, 6.45) is 1.49. The molecule has 0 saturated carbocycles. The minimum Gasteiger partial charge on any atom is -0.497 e. The molecule has 5 heteroatoms. The molecule has 0 N–H and O–H groups in total. The lowest BCUT2D eigenvalue weighted by molar-refractivity contribution is 0.304. The summed E-state index contributed by atoms with van der Waals surface area (Å²) in [6.45, 7) is 0.465. The molecule has 1 aromatic heterocycles. The van der Waals surface area contributed by atoms with Crippen LogP contribution in [0.3, 0.4) is 0 Å². The minimum absolute atomic E-state index is 0.465. The smallest absolute Gasteiger partial charge is 0.224 e. The van der Waals surface area contributed by atoms with Crippen LogP contribution in [0.4, 0.5) is 0 Å². The lowest BCUT2D eigenvalue weighted by atomic mass is 10.1. The first-order valence-corrected chi connectivity index (χ1v) is 9.42. The van der Waals surface area contributed by atoms with E-state index in [9.17, 15) is 0 Å². The van der Waals surface area contributed by atoms with E-state index in [-0.39, 0.29) is 0 Å². The van der Waals surface area contributed by atoms with Gasteiger partial charge in [-0.3, -0.25) is 0 Å². The number of hydrogen-bond donors (Lipinski definition) is 0. The van der Waals surface area contributed by atoms with Gasteiger partial charge in [0.25, 0.3) is 0 Å². The first-order valence-electron chi connectivity index (χ1n) is 9.42. The highest BCUT2D eigenvalue weighted by molar-refractivity contribution is 5.84. The SMILES string of the molecule is COc1ccc(OCc2ccccc2)c(C#Cc2ccc3ncnc(OC)c3c2)c1. The van der Waals surface area contributed by atoms with E-state index < -0.39 is 0 Å². The first-order chi connectivity index (χ1) is 14.8. The highest BCUT2D eigenvalue weighted by atomic mass is 16.5. The van der Waals surface area contributed by atoms with E-state index >= 15 is 0 Å². The molecule has 1 heterocycles. The molecule has 0 radical (unpaired) electrons. The van der Waals surface area contributed by atoms with E-state index in [0.29, 0.717) is 18.2 Å². The minimum atomic E-state index is 0.465. The van der Waals surface area contributed by atoms with Crippen molar-refractivity contribution in [3.05, 3.63) is 89.7 Å². The van der Waals surface area contributed by atoms with E-state index in [4.69, 9.17) is 14.2 Å². The zero-order chi connectivity index (χ0) is 20.8. The maximum Gasteiger partial charge on any atom is 0.224 e. The van der Waals surface area contributed by atoms with Crippen molar-refractivity contribution >= 4 is 10.9 Å². The lowest BCUT2D eigenvalue weighted by Gasteiger charge is -2.10. The Bertz CT molecular complexity index is 1230. The van der Waals surface area contributed by atoms with Crippen LogP contribution in [0.2, 0.25) is 0 Å². The topological polar surface area (TPSA) is 53.5 Å². The summed E-state index contributed by atoms with van der Waals surface area (Å²) in [5.41, 5.74) is 3.48. The van der Waals surface area contributed by atoms with Gasteiger partial charge < -0.3 is 14.2 Å². The molecule has 0 fully saturated rings. The molecule has 0 saturated heterocycles. The third-order valence-corrected chi connectivity index (χ3v) is 4.56. The fourth-order valence-corrected chi connectivity index (χ4v) is 3.01. The molecule has 148 valence electrons.